The Kier molecular flexibility index (Phi) is 3.33. The Labute approximate surface area is 117 Å². The standard InChI is InChI=1S/C14H18N2O2S/c1-9-10(5-6-18-9)8-16-13-4-3-11(17-2)7-12(13)15-14(16)19/h3-4,7,9-10H,5-6,8H2,1-2H3,(H,15,19). The molecule has 1 aromatic heterocycles. The first-order valence-corrected chi connectivity index (χ1v) is 6.98. The fraction of sp³-hybridized carbons (Fsp3) is 0.500. The Balaban J connectivity index is 1.98. The van der Waals surface area contributed by atoms with Crippen molar-refractivity contribution in [2.24, 2.45) is 5.92 Å². The van der Waals surface area contributed by atoms with Crippen LogP contribution in [-0.2, 0) is 11.3 Å². The molecule has 0 radical (unpaired) electrons. The molecule has 2 aromatic rings. The van der Waals surface area contributed by atoms with E-state index in [0.29, 0.717) is 12.0 Å². The van der Waals surface area contributed by atoms with E-state index in [9.17, 15) is 0 Å². The van der Waals surface area contributed by atoms with E-state index in [-0.39, 0.29) is 0 Å². The van der Waals surface area contributed by atoms with E-state index >= 15 is 0 Å². The molecule has 2 heterocycles. The van der Waals surface area contributed by atoms with Crippen molar-refractivity contribution in [3.63, 3.8) is 0 Å². The first kappa shape index (κ1) is 12.7. The number of nitrogens with one attached hydrogen (secondary N) is 1. The van der Waals surface area contributed by atoms with Crippen LogP contribution in [0.25, 0.3) is 11.0 Å². The zero-order chi connectivity index (χ0) is 13.4. The molecule has 1 fully saturated rings. The number of imidazole rings is 1. The summed E-state index contributed by atoms with van der Waals surface area (Å²) in [6.45, 7) is 3.90. The van der Waals surface area contributed by atoms with Crippen LogP contribution in [0.1, 0.15) is 13.3 Å². The number of nitrogens with zero attached hydrogens (tertiary/aromatic N) is 1. The molecule has 1 aromatic carbocycles. The van der Waals surface area contributed by atoms with E-state index in [1.165, 1.54) is 0 Å². The second-order valence-electron chi connectivity index (χ2n) is 5.05. The number of rotatable bonds is 3. The van der Waals surface area contributed by atoms with Gasteiger partial charge in [-0.3, -0.25) is 0 Å². The highest BCUT2D eigenvalue weighted by atomic mass is 32.1. The average Bonchev–Trinajstić information content (AvgIpc) is 2.94. The van der Waals surface area contributed by atoms with Crippen molar-refractivity contribution in [2.75, 3.05) is 13.7 Å². The third-order valence-corrected chi connectivity index (χ3v) is 4.25. The number of fused-ring (bicyclic) bond motifs is 1. The molecular formula is C14H18N2O2S. The maximum atomic E-state index is 5.63. The lowest BCUT2D eigenvalue weighted by Gasteiger charge is -2.15. The van der Waals surface area contributed by atoms with Gasteiger partial charge >= 0.3 is 0 Å². The number of aromatic nitrogens is 2. The van der Waals surface area contributed by atoms with Crippen molar-refractivity contribution in [1.29, 1.82) is 0 Å². The number of methoxy groups -OCH3 is 1. The lowest BCUT2D eigenvalue weighted by molar-refractivity contribution is 0.102. The van der Waals surface area contributed by atoms with E-state index in [1.807, 2.05) is 12.1 Å². The van der Waals surface area contributed by atoms with Crippen LogP contribution in [0.15, 0.2) is 18.2 Å². The van der Waals surface area contributed by atoms with Gasteiger partial charge in [0.2, 0.25) is 0 Å². The summed E-state index contributed by atoms with van der Waals surface area (Å²) in [4.78, 5) is 3.25. The van der Waals surface area contributed by atoms with E-state index in [1.54, 1.807) is 7.11 Å². The summed E-state index contributed by atoms with van der Waals surface area (Å²) in [5.74, 6) is 1.38. The smallest absolute Gasteiger partial charge is 0.178 e. The number of hydrogen-bond donors (Lipinski definition) is 1. The van der Waals surface area contributed by atoms with E-state index < -0.39 is 0 Å². The van der Waals surface area contributed by atoms with Crippen LogP contribution >= 0.6 is 12.2 Å². The summed E-state index contributed by atoms with van der Waals surface area (Å²) in [5.41, 5.74) is 2.15. The second-order valence-corrected chi connectivity index (χ2v) is 5.44. The SMILES string of the molecule is COc1ccc2c(c1)[nH]c(=S)n2CC1CCOC1C. The third-order valence-electron chi connectivity index (χ3n) is 3.93. The van der Waals surface area contributed by atoms with Crippen LogP contribution in [-0.4, -0.2) is 29.4 Å². The molecule has 2 unspecified atom stereocenters. The molecule has 5 heteroatoms. The molecule has 1 saturated heterocycles. The van der Waals surface area contributed by atoms with Gasteiger partial charge in [-0.05, 0) is 37.7 Å². The molecule has 0 amide bonds. The molecule has 19 heavy (non-hydrogen) atoms. The van der Waals surface area contributed by atoms with Gasteiger partial charge in [0, 0.05) is 25.1 Å². The Hall–Kier alpha value is -1.33. The maximum Gasteiger partial charge on any atom is 0.178 e. The highest BCUT2D eigenvalue weighted by molar-refractivity contribution is 7.71. The quantitative estimate of drug-likeness (QED) is 0.877. The lowest BCUT2D eigenvalue weighted by atomic mass is 10.0. The van der Waals surface area contributed by atoms with Crippen LogP contribution in [0.3, 0.4) is 0 Å². The summed E-state index contributed by atoms with van der Waals surface area (Å²) in [6.07, 6.45) is 1.41. The minimum Gasteiger partial charge on any atom is -0.497 e. The highest BCUT2D eigenvalue weighted by Gasteiger charge is 2.25. The van der Waals surface area contributed by atoms with Crippen LogP contribution in [0.5, 0.6) is 5.75 Å². The topological polar surface area (TPSA) is 39.2 Å². The van der Waals surface area contributed by atoms with Crippen molar-refractivity contribution in [3.8, 4) is 5.75 Å². The third kappa shape index (κ3) is 2.28. The summed E-state index contributed by atoms with van der Waals surface area (Å²) in [6, 6.07) is 6.01. The summed E-state index contributed by atoms with van der Waals surface area (Å²) in [7, 11) is 1.67. The Morgan fingerprint density at radius 3 is 3.05 bits per heavy atom. The van der Waals surface area contributed by atoms with Gasteiger partial charge in [-0.1, -0.05) is 0 Å². The summed E-state index contributed by atoms with van der Waals surface area (Å²) in [5, 5.41) is 0. The van der Waals surface area contributed by atoms with Gasteiger partial charge in [-0.15, -0.1) is 0 Å². The minimum atomic E-state index is 0.310. The second kappa shape index (κ2) is 4.98. The number of hydrogen-bond acceptors (Lipinski definition) is 3. The van der Waals surface area contributed by atoms with Crippen molar-refractivity contribution in [3.05, 3.63) is 23.0 Å². The van der Waals surface area contributed by atoms with Crippen molar-refractivity contribution in [1.82, 2.24) is 9.55 Å². The Bertz CT molecular complexity index is 646. The van der Waals surface area contributed by atoms with Crippen molar-refractivity contribution < 1.29 is 9.47 Å². The Morgan fingerprint density at radius 1 is 1.53 bits per heavy atom. The fourth-order valence-electron chi connectivity index (χ4n) is 2.70. The van der Waals surface area contributed by atoms with Gasteiger partial charge in [-0.2, -0.15) is 0 Å². The number of ether oxygens (including phenoxy) is 2. The Morgan fingerprint density at radius 2 is 2.37 bits per heavy atom. The predicted molar refractivity (Wildman–Crippen MR) is 77.2 cm³/mol. The first-order chi connectivity index (χ1) is 9.19. The molecule has 4 nitrogen and oxygen atoms in total. The highest BCUT2D eigenvalue weighted by Crippen LogP contribution is 2.26. The molecule has 102 valence electrons. The van der Waals surface area contributed by atoms with Gasteiger partial charge in [-0.25, -0.2) is 0 Å². The zero-order valence-electron chi connectivity index (χ0n) is 11.2. The maximum absolute atomic E-state index is 5.63. The number of benzene rings is 1. The molecule has 0 aliphatic carbocycles. The van der Waals surface area contributed by atoms with Gasteiger partial charge in [0.25, 0.3) is 0 Å². The molecule has 1 N–H and O–H groups in total. The monoisotopic (exact) mass is 278 g/mol. The van der Waals surface area contributed by atoms with Crippen LogP contribution in [0.2, 0.25) is 0 Å². The first-order valence-electron chi connectivity index (χ1n) is 6.57. The fourth-order valence-corrected chi connectivity index (χ4v) is 2.98. The van der Waals surface area contributed by atoms with Gasteiger partial charge in [0.15, 0.2) is 4.77 Å². The molecule has 0 saturated carbocycles. The van der Waals surface area contributed by atoms with Crippen LogP contribution in [0, 0.1) is 10.7 Å². The molecule has 1 aliphatic rings. The van der Waals surface area contributed by atoms with Crippen molar-refractivity contribution >= 4 is 23.3 Å². The number of aromatic amines is 1. The summed E-state index contributed by atoms with van der Waals surface area (Å²) < 4.78 is 13.8. The molecule has 3 rings (SSSR count). The average molecular weight is 278 g/mol. The molecule has 1 aliphatic heterocycles. The minimum absolute atomic E-state index is 0.310. The van der Waals surface area contributed by atoms with E-state index in [2.05, 4.69) is 22.5 Å². The van der Waals surface area contributed by atoms with Gasteiger partial charge in [0.1, 0.15) is 5.75 Å². The molecule has 0 spiro atoms. The predicted octanol–water partition coefficient (Wildman–Crippen LogP) is 3.13. The van der Waals surface area contributed by atoms with Crippen molar-refractivity contribution in [2.45, 2.75) is 26.0 Å². The zero-order valence-corrected chi connectivity index (χ0v) is 12.0. The normalized spacial score (nSPS) is 23.1. The molecule has 2 atom stereocenters. The van der Waals surface area contributed by atoms with E-state index in [0.717, 1.165) is 41.1 Å². The largest absolute Gasteiger partial charge is 0.497 e. The van der Waals surface area contributed by atoms with Crippen LogP contribution < -0.4 is 4.74 Å². The lowest BCUT2D eigenvalue weighted by Crippen LogP contribution is -2.17. The van der Waals surface area contributed by atoms with Gasteiger partial charge in [0.05, 0.1) is 24.2 Å². The molecular weight excluding hydrogens is 260 g/mol. The number of H-pyrrole nitrogens is 1. The molecule has 0 bridgehead atoms. The van der Waals surface area contributed by atoms with Crippen LogP contribution in [0.4, 0.5) is 0 Å². The summed E-state index contributed by atoms with van der Waals surface area (Å²) >= 11 is 5.43. The van der Waals surface area contributed by atoms with Gasteiger partial charge < -0.3 is 19.0 Å². The van der Waals surface area contributed by atoms with E-state index in [4.69, 9.17) is 21.7 Å².